The zero-order valence-corrected chi connectivity index (χ0v) is 14.4. The Morgan fingerprint density at radius 2 is 1.95 bits per heavy atom. The van der Waals surface area contributed by atoms with Crippen molar-refractivity contribution in [1.82, 2.24) is 4.90 Å². The van der Waals surface area contributed by atoms with Gasteiger partial charge in [-0.1, -0.05) is 19.8 Å². The van der Waals surface area contributed by atoms with E-state index in [9.17, 15) is 4.79 Å². The van der Waals surface area contributed by atoms with Gasteiger partial charge in [-0.3, -0.25) is 9.69 Å². The molecular weight excluding hydrogens is 278 g/mol. The normalized spacial score (nSPS) is 26.5. The Kier molecular flexibility index (Phi) is 6.69. The average Bonchev–Trinajstić information content (AvgIpc) is 2.99. The number of carboxylic acid groups (broad SMARTS) is 1. The summed E-state index contributed by atoms with van der Waals surface area (Å²) in [4.78, 5) is 13.3. The molecule has 2 fully saturated rings. The molecule has 0 bridgehead atoms. The number of aliphatic carboxylic acids is 1. The molecule has 2 saturated carbocycles. The monoisotopic (exact) mass is 311 g/mol. The van der Waals surface area contributed by atoms with E-state index in [0.29, 0.717) is 24.0 Å². The second kappa shape index (κ2) is 8.30. The smallest absolute Gasteiger partial charge is 0.303 e. The number of carboxylic acids is 1. The summed E-state index contributed by atoms with van der Waals surface area (Å²) >= 11 is 0. The zero-order valence-electron chi connectivity index (χ0n) is 14.4. The largest absolute Gasteiger partial charge is 0.481 e. The number of ether oxygens (including phenoxy) is 1. The average molecular weight is 311 g/mol. The molecule has 1 N–H and O–H groups in total. The highest BCUT2D eigenvalue weighted by molar-refractivity contribution is 5.66. The van der Waals surface area contributed by atoms with Crippen LogP contribution in [-0.4, -0.2) is 47.8 Å². The van der Waals surface area contributed by atoms with E-state index in [0.717, 1.165) is 32.5 Å². The standard InChI is InChI=1S/C18H33NO3/c1-3-12-19(13-8-5-9-17(20)21)15-14-16(22-4-2)18(15)10-6-7-11-18/h15-16H,3-14H2,1-2H3,(H,20,21). The summed E-state index contributed by atoms with van der Waals surface area (Å²) in [5.74, 6) is -0.672. The lowest BCUT2D eigenvalue weighted by Crippen LogP contribution is -2.64. The SMILES string of the molecule is CCCN(CCCCC(=O)O)C1CC(OCC)C12CCCC2. The van der Waals surface area contributed by atoms with Crippen LogP contribution < -0.4 is 0 Å². The lowest BCUT2D eigenvalue weighted by molar-refractivity contribution is -0.165. The van der Waals surface area contributed by atoms with Crippen molar-refractivity contribution in [2.75, 3.05) is 19.7 Å². The van der Waals surface area contributed by atoms with E-state index in [1.165, 1.54) is 38.5 Å². The number of unbranched alkanes of at least 4 members (excludes halogenated alkanes) is 1. The van der Waals surface area contributed by atoms with Crippen LogP contribution in [0.15, 0.2) is 0 Å². The third kappa shape index (κ3) is 3.83. The van der Waals surface area contributed by atoms with Crippen molar-refractivity contribution in [3.63, 3.8) is 0 Å². The fourth-order valence-electron chi connectivity index (χ4n) is 4.66. The lowest BCUT2D eigenvalue weighted by atomic mass is 9.60. The summed E-state index contributed by atoms with van der Waals surface area (Å²) < 4.78 is 6.03. The van der Waals surface area contributed by atoms with Gasteiger partial charge < -0.3 is 9.84 Å². The molecule has 0 radical (unpaired) electrons. The molecule has 0 saturated heterocycles. The maximum atomic E-state index is 10.7. The molecule has 4 heteroatoms. The van der Waals surface area contributed by atoms with Crippen LogP contribution in [0, 0.1) is 5.41 Å². The van der Waals surface area contributed by atoms with E-state index in [-0.39, 0.29) is 0 Å². The van der Waals surface area contributed by atoms with E-state index in [1.807, 2.05) is 0 Å². The Morgan fingerprint density at radius 1 is 1.23 bits per heavy atom. The maximum Gasteiger partial charge on any atom is 0.303 e. The summed E-state index contributed by atoms with van der Waals surface area (Å²) in [5.41, 5.74) is 0.401. The van der Waals surface area contributed by atoms with Gasteiger partial charge in [0.25, 0.3) is 0 Å². The highest BCUT2D eigenvalue weighted by Crippen LogP contribution is 2.56. The van der Waals surface area contributed by atoms with Crippen molar-refractivity contribution in [3.8, 4) is 0 Å². The summed E-state index contributed by atoms with van der Waals surface area (Å²) in [7, 11) is 0. The van der Waals surface area contributed by atoms with Gasteiger partial charge in [0.05, 0.1) is 6.10 Å². The van der Waals surface area contributed by atoms with Crippen LogP contribution in [-0.2, 0) is 9.53 Å². The topological polar surface area (TPSA) is 49.8 Å². The number of carbonyl (C=O) groups is 1. The van der Waals surface area contributed by atoms with Crippen molar-refractivity contribution in [1.29, 1.82) is 0 Å². The first-order chi connectivity index (χ1) is 10.6. The minimum absolute atomic E-state index is 0.303. The van der Waals surface area contributed by atoms with Crippen molar-refractivity contribution < 1.29 is 14.6 Å². The first kappa shape index (κ1) is 17.7. The highest BCUT2D eigenvalue weighted by atomic mass is 16.5. The van der Waals surface area contributed by atoms with Gasteiger partial charge in [-0.15, -0.1) is 0 Å². The van der Waals surface area contributed by atoms with Crippen LogP contribution in [0.5, 0.6) is 0 Å². The van der Waals surface area contributed by atoms with Gasteiger partial charge in [-0.25, -0.2) is 0 Å². The maximum absolute atomic E-state index is 10.7. The molecule has 4 nitrogen and oxygen atoms in total. The van der Waals surface area contributed by atoms with Crippen LogP contribution in [0.3, 0.4) is 0 Å². The summed E-state index contributed by atoms with van der Waals surface area (Å²) in [6.07, 6.45) is 10.2. The molecule has 2 rings (SSSR count). The predicted octanol–water partition coefficient (Wildman–Crippen LogP) is 3.69. The third-order valence-electron chi connectivity index (χ3n) is 5.68. The predicted molar refractivity (Wildman–Crippen MR) is 88.1 cm³/mol. The molecule has 2 unspecified atom stereocenters. The van der Waals surface area contributed by atoms with E-state index >= 15 is 0 Å². The Hall–Kier alpha value is -0.610. The fourth-order valence-corrected chi connectivity index (χ4v) is 4.66. The zero-order chi connectivity index (χ0) is 16.0. The first-order valence-electron chi connectivity index (χ1n) is 9.21. The van der Waals surface area contributed by atoms with E-state index in [2.05, 4.69) is 18.7 Å². The molecule has 0 aromatic heterocycles. The number of rotatable bonds is 10. The van der Waals surface area contributed by atoms with Gasteiger partial charge in [0.1, 0.15) is 0 Å². The van der Waals surface area contributed by atoms with Gasteiger partial charge in [0.2, 0.25) is 0 Å². The van der Waals surface area contributed by atoms with Crippen molar-refractivity contribution in [2.24, 2.45) is 5.41 Å². The van der Waals surface area contributed by atoms with E-state index in [1.54, 1.807) is 0 Å². The molecule has 0 amide bonds. The first-order valence-corrected chi connectivity index (χ1v) is 9.21. The van der Waals surface area contributed by atoms with Gasteiger partial charge in [-0.2, -0.15) is 0 Å². The Balaban J connectivity index is 1.91. The van der Waals surface area contributed by atoms with Gasteiger partial charge in [0.15, 0.2) is 0 Å². The molecule has 0 aromatic rings. The quantitative estimate of drug-likeness (QED) is 0.625. The Bertz CT molecular complexity index is 352. The Morgan fingerprint density at radius 3 is 2.55 bits per heavy atom. The van der Waals surface area contributed by atoms with Crippen LogP contribution in [0.1, 0.15) is 71.6 Å². The lowest BCUT2D eigenvalue weighted by Gasteiger charge is -2.58. The van der Waals surface area contributed by atoms with Crippen LogP contribution in [0.25, 0.3) is 0 Å². The van der Waals surface area contributed by atoms with Gasteiger partial charge in [-0.05, 0) is 58.5 Å². The second-order valence-corrected chi connectivity index (χ2v) is 7.02. The summed E-state index contributed by atoms with van der Waals surface area (Å²) in [6.45, 7) is 7.35. The number of hydrogen-bond acceptors (Lipinski definition) is 3. The molecule has 1 spiro atoms. The van der Waals surface area contributed by atoms with Gasteiger partial charge >= 0.3 is 5.97 Å². The molecule has 0 aromatic carbocycles. The molecule has 2 atom stereocenters. The molecular formula is C18H33NO3. The van der Waals surface area contributed by atoms with Crippen molar-refractivity contribution in [3.05, 3.63) is 0 Å². The number of hydrogen-bond donors (Lipinski definition) is 1. The van der Waals surface area contributed by atoms with Crippen LogP contribution in [0.2, 0.25) is 0 Å². The number of nitrogens with zero attached hydrogens (tertiary/aromatic N) is 1. The van der Waals surface area contributed by atoms with E-state index < -0.39 is 5.97 Å². The minimum atomic E-state index is -0.672. The van der Waals surface area contributed by atoms with Crippen molar-refractivity contribution in [2.45, 2.75) is 83.8 Å². The van der Waals surface area contributed by atoms with Crippen molar-refractivity contribution >= 4 is 5.97 Å². The molecule has 0 aliphatic heterocycles. The molecule has 2 aliphatic carbocycles. The molecule has 128 valence electrons. The fraction of sp³-hybridized carbons (Fsp3) is 0.944. The molecule has 2 aliphatic rings. The highest BCUT2D eigenvalue weighted by Gasteiger charge is 2.58. The molecule has 22 heavy (non-hydrogen) atoms. The van der Waals surface area contributed by atoms with Crippen LogP contribution >= 0.6 is 0 Å². The third-order valence-corrected chi connectivity index (χ3v) is 5.68. The minimum Gasteiger partial charge on any atom is -0.481 e. The van der Waals surface area contributed by atoms with Gasteiger partial charge in [0, 0.05) is 24.5 Å². The van der Waals surface area contributed by atoms with E-state index in [4.69, 9.17) is 9.84 Å². The summed E-state index contributed by atoms with van der Waals surface area (Å²) in [5, 5.41) is 8.78. The molecule has 0 heterocycles. The van der Waals surface area contributed by atoms with Crippen LogP contribution in [0.4, 0.5) is 0 Å². The summed E-state index contributed by atoms with van der Waals surface area (Å²) in [6, 6.07) is 0.663. The Labute approximate surface area is 135 Å². The second-order valence-electron chi connectivity index (χ2n) is 7.02.